The number of carbonyl (C=O) groups excluding carboxylic acids is 1. The molecule has 1 aromatic rings. The third-order valence-corrected chi connectivity index (χ3v) is 3.26. The molecule has 2 N–H and O–H groups in total. The lowest BCUT2D eigenvalue weighted by Crippen LogP contribution is -2.72. The number of alkyl carbamates (subject to hydrolysis) is 1. The van der Waals surface area contributed by atoms with Crippen LogP contribution in [0.4, 0.5) is 49.4 Å². The van der Waals surface area contributed by atoms with Gasteiger partial charge in [-0.2, -0.15) is 39.5 Å². The molecule has 0 fully saturated rings. The van der Waals surface area contributed by atoms with Gasteiger partial charge in [0, 0.05) is 0 Å². The molecule has 1 aromatic heterocycles. The number of amides is 1. The van der Waals surface area contributed by atoms with E-state index in [-0.39, 0.29) is 0 Å². The highest BCUT2D eigenvalue weighted by Gasteiger charge is 2.73. The van der Waals surface area contributed by atoms with E-state index < -0.39 is 58.4 Å². The highest BCUT2D eigenvalue weighted by atomic mass is 32.1. The Morgan fingerprint density at radius 1 is 1.04 bits per heavy atom. The van der Waals surface area contributed by atoms with Crippen molar-refractivity contribution in [1.29, 1.82) is 0 Å². The van der Waals surface area contributed by atoms with E-state index in [4.69, 9.17) is 0 Å². The van der Waals surface area contributed by atoms with Crippen molar-refractivity contribution in [1.82, 2.24) is 15.5 Å². The van der Waals surface area contributed by atoms with Crippen LogP contribution in [-0.2, 0) is 10.9 Å². The molecule has 0 saturated carbocycles. The monoisotopic (exact) mass is 406 g/mol. The number of nitrogens with zero attached hydrogens (tertiary/aromatic N) is 2. The normalized spacial score (nSPS) is 13.5. The third kappa shape index (κ3) is 4.55. The summed E-state index contributed by atoms with van der Waals surface area (Å²) in [5.41, 5.74) is -5.14. The Kier molecular flexibility index (Phi) is 5.66. The molecule has 1 amide bonds. The van der Waals surface area contributed by atoms with Gasteiger partial charge in [-0.1, -0.05) is 11.3 Å². The van der Waals surface area contributed by atoms with Crippen molar-refractivity contribution >= 4 is 22.6 Å². The van der Waals surface area contributed by atoms with E-state index in [1.54, 1.807) is 0 Å². The summed E-state index contributed by atoms with van der Waals surface area (Å²) in [6, 6.07) is 0. The van der Waals surface area contributed by atoms with Gasteiger partial charge in [0.05, 0.1) is 6.61 Å². The van der Waals surface area contributed by atoms with Gasteiger partial charge in [-0.05, 0) is 6.92 Å². The number of halogens is 9. The Hall–Kier alpha value is -2.00. The Labute approximate surface area is 136 Å². The highest BCUT2D eigenvalue weighted by Crippen LogP contribution is 2.44. The molecule has 16 heteroatoms. The number of hydrogen-bond acceptors (Lipinski definition) is 6. The molecular formula is C9H7F9N4O2S. The molecule has 0 atom stereocenters. The third-order valence-electron chi connectivity index (χ3n) is 2.38. The molecule has 0 aliphatic heterocycles. The maximum atomic E-state index is 13.1. The van der Waals surface area contributed by atoms with Gasteiger partial charge in [-0.15, -0.1) is 10.2 Å². The zero-order valence-electron chi connectivity index (χ0n) is 11.7. The molecule has 1 rings (SSSR count). The second-order valence-corrected chi connectivity index (χ2v) is 5.10. The Morgan fingerprint density at radius 3 is 1.92 bits per heavy atom. The number of alkyl halides is 9. The largest absolute Gasteiger partial charge is 0.450 e. The van der Waals surface area contributed by atoms with E-state index in [1.165, 1.54) is 0 Å². The maximum absolute atomic E-state index is 13.1. The fourth-order valence-electron chi connectivity index (χ4n) is 1.34. The lowest BCUT2D eigenvalue weighted by atomic mass is 10.1. The minimum atomic E-state index is -6.22. The van der Waals surface area contributed by atoms with Gasteiger partial charge in [-0.25, -0.2) is 4.79 Å². The number of rotatable bonds is 4. The van der Waals surface area contributed by atoms with E-state index in [2.05, 4.69) is 14.9 Å². The average molecular weight is 406 g/mol. The van der Waals surface area contributed by atoms with E-state index >= 15 is 0 Å². The van der Waals surface area contributed by atoms with Crippen LogP contribution < -0.4 is 10.6 Å². The van der Waals surface area contributed by atoms with Gasteiger partial charge < -0.3 is 10.1 Å². The average Bonchev–Trinajstić information content (AvgIpc) is 2.83. The molecule has 1 heterocycles. The molecular weight excluding hydrogens is 399 g/mol. The van der Waals surface area contributed by atoms with Crippen LogP contribution in [0.1, 0.15) is 11.9 Å². The summed E-state index contributed by atoms with van der Waals surface area (Å²) in [6.45, 7) is 0.547. The number of nitrogens with one attached hydrogen (secondary N) is 2. The van der Waals surface area contributed by atoms with Gasteiger partial charge in [0.2, 0.25) is 10.1 Å². The van der Waals surface area contributed by atoms with Crippen molar-refractivity contribution in [3.8, 4) is 0 Å². The Bertz CT molecular complexity index is 595. The van der Waals surface area contributed by atoms with E-state index in [0.717, 1.165) is 12.2 Å². The zero-order chi connectivity index (χ0) is 19.7. The van der Waals surface area contributed by atoms with Crippen LogP contribution in [0, 0.1) is 0 Å². The van der Waals surface area contributed by atoms with Gasteiger partial charge in [0.15, 0.2) is 0 Å². The summed E-state index contributed by atoms with van der Waals surface area (Å²) < 4.78 is 120. The van der Waals surface area contributed by atoms with E-state index in [0.29, 0.717) is 5.32 Å². The predicted molar refractivity (Wildman–Crippen MR) is 63.5 cm³/mol. The first-order valence-corrected chi connectivity index (χ1v) is 6.73. The van der Waals surface area contributed by atoms with Crippen LogP contribution in [0.5, 0.6) is 0 Å². The summed E-state index contributed by atoms with van der Waals surface area (Å²) in [5.74, 6) is 0. The summed E-state index contributed by atoms with van der Waals surface area (Å²) in [6.07, 6.45) is -19.7. The van der Waals surface area contributed by atoms with Crippen LogP contribution in [0.3, 0.4) is 0 Å². The lowest BCUT2D eigenvalue weighted by Gasteiger charge is -2.37. The van der Waals surface area contributed by atoms with Crippen molar-refractivity contribution in [2.24, 2.45) is 0 Å². The number of aromatic nitrogens is 2. The lowest BCUT2D eigenvalue weighted by molar-refractivity contribution is -0.294. The maximum Gasteiger partial charge on any atom is 0.445 e. The first-order chi connectivity index (χ1) is 11.1. The van der Waals surface area contributed by atoms with Crippen molar-refractivity contribution < 1.29 is 49.0 Å². The molecule has 0 aliphatic carbocycles. The molecule has 0 radical (unpaired) electrons. The van der Waals surface area contributed by atoms with Crippen LogP contribution in [0.15, 0.2) is 0 Å². The summed E-state index contributed by atoms with van der Waals surface area (Å²) in [5, 5.41) is 3.07. The molecule has 25 heavy (non-hydrogen) atoms. The standard InChI is InChI=1S/C9H7F9N4O2S/c1-2-24-5(23)20-7(8(13,14)15,9(16,17)18)19-4-22-21-3(25-4)6(10,11)12/h2H2,1H3,(H,19,22)(H,20,23). The molecule has 0 bridgehead atoms. The SMILES string of the molecule is CCOC(=O)NC(Nc1nnc(C(F)(F)F)s1)(C(F)(F)F)C(F)(F)F. The Balaban J connectivity index is 3.35. The first-order valence-electron chi connectivity index (χ1n) is 5.91. The van der Waals surface area contributed by atoms with E-state index in [9.17, 15) is 44.3 Å². The highest BCUT2D eigenvalue weighted by molar-refractivity contribution is 7.15. The number of ether oxygens (including phenoxy) is 1. The molecule has 0 spiro atoms. The topological polar surface area (TPSA) is 76.1 Å². The summed E-state index contributed by atoms with van der Waals surface area (Å²) >= 11 is -0.611. The second-order valence-electron chi connectivity index (χ2n) is 4.13. The molecule has 0 aromatic carbocycles. The van der Waals surface area contributed by atoms with Crippen molar-refractivity contribution in [2.75, 3.05) is 11.9 Å². The summed E-state index contributed by atoms with van der Waals surface area (Å²) in [7, 11) is 0. The van der Waals surface area contributed by atoms with Gasteiger partial charge in [-0.3, -0.25) is 5.32 Å². The minimum Gasteiger partial charge on any atom is -0.450 e. The molecule has 0 aliphatic rings. The van der Waals surface area contributed by atoms with Gasteiger partial charge in [0.1, 0.15) is 0 Å². The molecule has 0 saturated heterocycles. The Morgan fingerprint density at radius 2 is 1.56 bits per heavy atom. The van der Waals surface area contributed by atoms with Crippen molar-refractivity contribution in [3.05, 3.63) is 5.01 Å². The van der Waals surface area contributed by atoms with E-state index in [1.807, 2.05) is 0 Å². The zero-order valence-corrected chi connectivity index (χ0v) is 12.5. The number of carbonyl (C=O) groups is 1. The number of anilines is 1. The predicted octanol–water partition coefficient (Wildman–Crippen LogP) is 3.54. The van der Waals surface area contributed by atoms with Crippen LogP contribution in [0.25, 0.3) is 0 Å². The summed E-state index contributed by atoms with van der Waals surface area (Å²) in [4.78, 5) is 11.1. The van der Waals surface area contributed by atoms with Gasteiger partial charge >= 0.3 is 30.3 Å². The second kappa shape index (κ2) is 6.72. The van der Waals surface area contributed by atoms with Crippen molar-refractivity contribution in [3.63, 3.8) is 0 Å². The van der Waals surface area contributed by atoms with Crippen LogP contribution in [-0.4, -0.2) is 40.9 Å². The minimum absolute atomic E-state index is 0.543. The van der Waals surface area contributed by atoms with Crippen LogP contribution in [0.2, 0.25) is 0 Å². The molecule has 144 valence electrons. The molecule has 6 nitrogen and oxygen atoms in total. The first kappa shape index (κ1) is 21.0. The van der Waals surface area contributed by atoms with Crippen molar-refractivity contribution in [2.45, 2.75) is 31.1 Å². The van der Waals surface area contributed by atoms with Gasteiger partial charge in [0.25, 0.3) is 0 Å². The number of hydrogen-bond donors (Lipinski definition) is 2. The van der Waals surface area contributed by atoms with Crippen LogP contribution >= 0.6 is 11.3 Å². The fraction of sp³-hybridized carbons (Fsp3) is 0.667. The fourth-order valence-corrected chi connectivity index (χ4v) is 2.01. The quantitative estimate of drug-likeness (QED) is 0.591. The molecule has 0 unspecified atom stereocenters. The smallest absolute Gasteiger partial charge is 0.445 e.